The number of piperidine rings is 1. The van der Waals surface area contributed by atoms with Crippen molar-refractivity contribution in [2.75, 3.05) is 27.7 Å². The highest BCUT2D eigenvalue weighted by atomic mass is 16.2. The van der Waals surface area contributed by atoms with Crippen LogP contribution in [0.4, 0.5) is 0 Å². The Kier molecular flexibility index (Phi) is 6.07. The minimum absolute atomic E-state index is 0.0638. The van der Waals surface area contributed by atoms with Crippen LogP contribution in [0.1, 0.15) is 50.5 Å². The molecule has 0 N–H and O–H groups in total. The van der Waals surface area contributed by atoms with Crippen molar-refractivity contribution in [3.05, 3.63) is 35.9 Å². The summed E-state index contributed by atoms with van der Waals surface area (Å²) in [5.41, 5.74) is 1.31. The number of carbonyl (C=O) groups is 1. The van der Waals surface area contributed by atoms with Crippen LogP contribution in [0, 0.1) is 11.8 Å². The third-order valence-corrected chi connectivity index (χ3v) is 7.72. The molecule has 0 spiro atoms. The van der Waals surface area contributed by atoms with Gasteiger partial charge in [-0.05, 0) is 76.6 Å². The predicted molar refractivity (Wildman–Crippen MR) is 114 cm³/mol. The summed E-state index contributed by atoms with van der Waals surface area (Å²) in [5, 5.41) is 0. The van der Waals surface area contributed by atoms with Crippen LogP contribution >= 0.6 is 0 Å². The van der Waals surface area contributed by atoms with Crippen LogP contribution in [-0.2, 0) is 11.3 Å². The molecule has 2 saturated carbocycles. The quantitative estimate of drug-likeness (QED) is 0.777. The second-order valence-electron chi connectivity index (χ2n) is 9.65. The zero-order valence-electron chi connectivity index (χ0n) is 17.9. The molecule has 0 radical (unpaired) electrons. The van der Waals surface area contributed by atoms with Crippen LogP contribution in [0.15, 0.2) is 30.3 Å². The summed E-state index contributed by atoms with van der Waals surface area (Å²) in [7, 11) is 6.50. The first-order valence-electron chi connectivity index (χ1n) is 11.2. The van der Waals surface area contributed by atoms with E-state index in [0.717, 1.165) is 37.4 Å². The fraction of sp³-hybridized carbons (Fsp3) is 0.708. The lowest BCUT2D eigenvalue weighted by atomic mass is 9.98. The summed E-state index contributed by atoms with van der Waals surface area (Å²) >= 11 is 0. The highest BCUT2D eigenvalue weighted by molar-refractivity contribution is 5.82. The largest absolute Gasteiger partial charge is 0.341 e. The number of likely N-dealkylation sites (N-methyl/N-ethyl adjacent to an activating group) is 1. The summed E-state index contributed by atoms with van der Waals surface area (Å²) in [6, 6.07) is 11.9. The fourth-order valence-corrected chi connectivity index (χ4v) is 5.98. The molecule has 1 aromatic carbocycles. The topological polar surface area (TPSA) is 26.8 Å². The van der Waals surface area contributed by atoms with Crippen molar-refractivity contribution in [1.29, 1.82) is 0 Å². The van der Waals surface area contributed by atoms with Crippen LogP contribution in [0.3, 0.4) is 0 Å². The number of rotatable bonds is 5. The molecule has 28 heavy (non-hydrogen) atoms. The van der Waals surface area contributed by atoms with Gasteiger partial charge in [0.2, 0.25) is 5.91 Å². The second kappa shape index (κ2) is 8.54. The maximum Gasteiger partial charge on any atom is 0.239 e. The Bertz CT molecular complexity index is 647. The third-order valence-electron chi connectivity index (χ3n) is 7.72. The zero-order valence-corrected chi connectivity index (χ0v) is 17.9. The van der Waals surface area contributed by atoms with Gasteiger partial charge in [-0.3, -0.25) is 9.69 Å². The molecule has 1 amide bonds. The molecular formula is C24H37N3O. The lowest BCUT2D eigenvalue weighted by Gasteiger charge is -2.38. The minimum Gasteiger partial charge on any atom is -0.341 e. The number of hydrogen-bond acceptors (Lipinski definition) is 3. The van der Waals surface area contributed by atoms with Gasteiger partial charge in [0.05, 0.1) is 6.04 Å². The standard InChI is InChI=1S/C24H37N3O/c1-25(2)21-13-19-15-22(16-20(19)14-21)26(3)24(28)23-11-7-8-12-27(23)17-18-9-5-4-6-10-18/h4-6,9-10,19-23H,7-8,11-17H2,1-3H3/t19-,20+,21?,22?,23?. The number of amides is 1. The van der Waals surface area contributed by atoms with Gasteiger partial charge >= 0.3 is 0 Å². The molecule has 5 atom stereocenters. The van der Waals surface area contributed by atoms with E-state index in [4.69, 9.17) is 0 Å². The summed E-state index contributed by atoms with van der Waals surface area (Å²) in [5.74, 6) is 2.00. The average Bonchev–Trinajstić information content (AvgIpc) is 3.27. The van der Waals surface area contributed by atoms with Crippen molar-refractivity contribution < 1.29 is 4.79 Å². The molecule has 0 bridgehead atoms. The molecule has 154 valence electrons. The van der Waals surface area contributed by atoms with Crippen LogP contribution in [0.25, 0.3) is 0 Å². The van der Waals surface area contributed by atoms with Gasteiger partial charge in [-0.2, -0.15) is 0 Å². The van der Waals surface area contributed by atoms with Crippen molar-refractivity contribution in [1.82, 2.24) is 14.7 Å². The fourth-order valence-electron chi connectivity index (χ4n) is 5.98. The van der Waals surface area contributed by atoms with E-state index in [1.807, 2.05) is 0 Å². The van der Waals surface area contributed by atoms with Gasteiger partial charge in [-0.25, -0.2) is 0 Å². The van der Waals surface area contributed by atoms with E-state index in [1.54, 1.807) is 0 Å². The molecule has 4 heteroatoms. The molecule has 4 nitrogen and oxygen atoms in total. The van der Waals surface area contributed by atoms with Gasteiger partial charge in [-0.15, -0.1) is 0 Å². The SMILES string of the molecule is CN(C)C1C[C@@H]2CC(N(C)C(=O)C3CCCCN3Cc3ccccc3)C[C@@H]2C1. The number of nitrogens with zero attached hydrogens (tertiary/aromatic N) is 3. The van der Waals surface area contributed by atoms with Crippen molar-refractivity contribution in [3.8, 4) is 0 Å². The maximum absolute atomic E-state index is 13.5. The molecule has 1 aromatic rings. The number of benzene rings is 1. The average molecular weight is 384 g/mol. The lowest BCUT2D eigenvalue weighted by molar-refractivity contribution is -0.139. The molecule has 1 heterocycles. The van der Waals surface area contributed by atoms with Crippen LogP contribution in [-0.4, -0.2) is 66.4 Å². The van der Waals surface area contributed by atoms with Crippen LogP contribution in [0.2, 0.25) is 0 Å². The monoisotopic (exact) mass is 383 g/mol. The van der Waals surface area contributed by atoms with E-state index in [2.05, 4.69) is 66.2 Å². The summed E-state index contributed by atoms with van der Waals surface area (Å²) in [6.45, 7) is 1.94. The summed E-state index contributed by atoms with van der Waals surface area (Å²) < 4.78 is 0. The lowest BCUT2D eigenvalue weighted by Crippen LogP contribution is -2.51. The first-order valence-corrected chi connectivity index (χ1v) is 11.2. The van der Waals surface area contributed by atoms with E-state index >= 15 is 0 Å². The van der Waals surface area contributed by atoms with Gasteiger partial charge in [0, 0.05) is 25.7 Å². The molecule has 2 aliphatic carbocycles. The molecule has 3 unspecified atom stereocenters. The van der Waals surface area contributed by atoms with E-state index < -0.39 is 0 Å². The zero-order chi connectivity index (χ0) is 19.7. The van der Waals surface area contributed by atoms with Crippen LogP contribution < -0.4 is 0 Å². The Morgan fingerprint density at radius 3 is 2.25 bits per heavy atom. The van der Waals surface area contributed by atoms with E-state index in [1.165, 1.54) is 44.1 Å². The van der Waals surface area contributed by atoms with Crippen molar-refractivity contribution in [3.63, 3.8) is 0 Å². The van der Waals surface area contributed by atoms with Crippen LogP contribution in [0.5, 0.6) is 0 Å². The number of hydrogen-bond donors (Lipinski definition) is 0. The Balaban J connectivity index is 1.37. The third kappa shape index (κ3) is 4.13. The molecule has 3 fully saturated rings. The molecule has 4 rings (SSSR count). The maximum atomic E-state index is 13.5. The van der Waals surface area contributed by atoms with Gasteiger partial charge < -0.3 is 9.80 Å². The van der Waals surface area contributed by atoms with Gasteiger partial charge in [-0.1, -0.05) is 36.8 Å². The molecule has 1 saturated heterocycles. The number of likely N-dealkylation sites (tertiary alicyclic amines) is 1. The molecular weight excluding hydrogens is 346 g/mol. The molecule has 0 aromatic heterocycles. The van der Waals surface area contributed by atoms with E-state index in [9.17, 15) is 4.79 Å². The highest BCUT2D eigenvalue weighted by Crippen LogP contribution is 2.46. The first-order chi connectivity index (χ1) is 13.5. The molecule has 3 aliphatic rings. The Labute approximate surface area is 170 Å². The van der Waals surface area contributed by atoms with Gasteiger partial charge in [0.25, 0.3) is 0 Å². The smallest absolute Gasteiger partial charge is 0.239 e. The van der Waals surface area contributed by atoms with Crippen molar-refractivity contribution >= 4 is 5.91 Å². The Hall–Kier alpha value is -1.39. The number of carbonyl (C=O) groups excluding carboxylic acids is 1. The van der Waals surface area contributed by atoms with Crippen molar-refractivity contribution in [2.45, 2.75) is 69.6 Å². The summed E-state index contributed by atoms with van der Waals surface area (Å²) in [6.07, 6.45) is 8.46. The van der Waals surface area contributed by atoms with E-state index in [-0.39, 0.29) is 6.04 Å². The van der Waals surface area contributed by atoms with Gasteiger partial charge in [0.1, 0.15) is 0 Å². The Morgan fingerprint density at radius 2 is 1.61 bits per heavy atom. The summed E-state index contributed by atoms with van der Waals surface area (Å²) in [4.78, 5) is 20.4. The first kappa shape index (κ1) is 19.9. The minimum atomic E-state index is 0.0638. The normalized spacial score (nSPS) is 33.2. The second-order valence-corrected chi connectivity index (χ2v) is 9.65. The highest BCUT2D eigenvalue weighted by Gasteiger charge is 2.45. The molecule has 1 aliphatic heterocycles. The van der Waals surface area contributed by atoms with E-state index in [0.29, 0.717) is 11.9 Å². The Morgan fingerprint density at radius 1 is 0.964 bits per heavy atom. The number of fused-ring (bicyclic) bond motifs is 1. The van der Waals surface area contributed by atoms with Gasteiger partial charge in [0.15, 0.2) is 0 Å². The van der Waals surface area contributed by atoms with Crippen molar-refractivity contribution in [2.24, 2.45) is 11.8 Å². The predicted octanol–water partition coefficient (Wildman–Crippen LogP) is 3.62.